The zero-order valence-electron chi connectivity index (χ0n) is 8.43. The molecule has 0 fully saturated rings. The minimum absolute atomic E-state index is 0.752. The van der Waals surface area contributed by atoms with Gasteiger partial charge in [0.2, 0.25) is 0 Å². The van der Waals surface area contributed by atoms with Crippen molar-refractivity contribution in [2.24, 2.45) is 0 Å². The van der Waals surface area contributed by atoms with E-state index in [0.717, 1.165) is 18.5 Å². The molecule has 15 heavy (non-hydrogen) atoms. The highest BCUT2D eigenvalue weighted by molar-refractivity contribution is 5.27. The normalized spacial score (nSPS) is 14.6. The van der Waals surface area contributed by atoms with Crippen LogP contribution in [0.3, 0.4) is 0 Å². The van der Waals surface area contributed by atoms with Crippen molar-refractivity contribution in [1.29, 1.82) is 5.26 Å². The summed E-state index contributed by atoms with van der Waals surface area (Å²) in [6, 6.07) is 12.4. The number of hydrogen-bond donors (Lipinski definition) is 0. The Morgan fingerprint density at radius 1 is 1.27 bits per heavy atom. The van der Waals surface area contributed by atoms with Gasteiger partial charge in [-0.05, 0) is 5.56 Å². The predicted molar refractivity (Wildman–Crippen MR) is 59.4 cm³/mol. The first-order valence-corrected chi connectivity index (χ1v) is 4.95. The Labute approximate surface area is 89.8 Å². The Balaban J connectivity index is 2.08. The van der Waals surface area contributed by atoms with Gasteiger partial charge in [-0.2, -0.15) is 5.26 Å². The van der Waals surface area contributed by atoms with Gasteiger partial charge in [0.25, 0.3) is 0 Å². The zero-order valence-corrected chi connectivity index (χ0v) is 8.43. The van der Waals surface area contributed by atoms with Crippen LogP contribution in [0.15, 0.2) is 54.4 Å². The summed E-state index contributed by atoms with van der Waals surface area (Å²) in [7, 11) is 0. The molecule has 1 aromatic rings. The highest BCUT2D eigenvalue weighted by Crippen LogP contribution is 2.14. The average molecular weight is 196 g/mol. The van der Waals surface area contributed by atoms with E-state index in [2.05, 4.69) is 18.2 Å². The molecule has 74 valence electrons. The second kappa shape index (κ2) is 4.47. The van der Waals surface area contributed by atoms with Crippen molar-refractivity contribution in [3.63, 3.8) is 0 Å². The van der Waals surface area contributed by atoms with Crippen LogP contribution in [0.5, 0.6) is 0 Å². The molecule has 0 bridgehead atoms. The summed E-state index contributed by atoms with van der Waals surface area (Å²) < 4.78 is 0. The molecule has 0 spiro atoms. The van der Waals surface area contributed by atoms with Gasteiger partial charge in [-0.3, -0.25) is 0 Å². The Kier molecular flexibility index (Phi) is 2.85. The first-order chi connectivity index (χ1) is 7.38. The lowest BCUT2D eigenvalue weighted by molar-refractivity contribution is 0.489. The van der Waals surface area contributed by atoms with Crippen LogP contribution < -0.4 is 0 Å². The molecule has 0 amide bonds. The number of allylic oxidation sites excluding steroid dienone is 2. The van der Waals surface area contributed by atoms with Crippen LogP contribution in [0.25, 0.3) is 0 Å². The van der Waals surface area contributed by atoms with Gasteiger partial charge in [0, 0.05) is 30.9 Å². The maximum absolute atomic E-state index is 8.80. The van der Waals surface area contributed by atoms with Gasteiger partial charge in [0.1, 0.15) is 0 Å². The molecule has 0 radical (unpaired) electrons. The summed E-state index contributed by atoms with van der Waals surface area (Å²) in [5, 5.41) is 8.80. The van der Waals surface area contributed by atoms with E-state index < -0.39 is 0 Å². The van der Waals surface area contributed by atoms with Crippen molar-refractivity contribution in [3.05, 3.63) is 59.9 Å². The third-order valence-corrected chi connectivity index (χ3v) is 2.31. The molecular formula is C13H12N2. The molecule has 1 heterocycles. The van der Waals surface area contributed by atoms with E-state index in [1.165, 1.54) is 5.56 Å². The second-order valence-electron chi connectivity index (χ2n) is 3.51. The quantitative estimate of drug-likeness (QED) is 0.727. The van der Waals surface area contributed by atoms with Gasteiger partial charge in [-0.25, -0.2) is 0 Å². The maximum Gasteiger partial charge on any atom is 0.0965 e. The molecule has 0 aromatic heterocycles. The number of nitrogens with zero attached hydrogens (tertiary/aromatic N) is 2. The lowest BCUT2D eigenvalue weighted by Crippen LogP contribution is -2.12. The number of hydrogen-bond acceptors (Lipinski definition) is 2. The average Bonchev–Trinajstić information content (AvgIpc) is 2.31. The first-order valence-electron chi connectivity index (χ1n) is 4.95. The molecule has 2 nitrogen and oxygen atoms in total. The molecule has 2 rings (SSSR count). The van der Waals surface area contributed by atoms with Crippen LogP contribution in [-0.4, -0.2) is 4.90 Å². The van der Waals surface area contributed by atoms with Crippen LogP contribution in [0.4, 0.5) is 0 Å². The van der Waals surface area contributed by atoms with Crippen molar-refractivity contribution < 1.29 is 0 Å². The van der Waals surface area contributed by atoms with E-state index in [0.29, 0.717) is 0 Å². The smallest absolute Gasteiger partial charge is 0.0965 e. The van der Waals surface area contributed by atoms with E-state index in [9.17, 15) is 0 Å². The van der Waals surface area contributed by atoms with Crippen molar-refractivity contribution in [2.75, 3.05) is 0 Å². The van der Waals surface area contributed by atoms with E-state index in [1.807, 2.05) is 41.6 Å². The van der Waals surface area contributed by atoms with E-state index in [-0.39, 0.29) is 0 Å². The third-order valence-electron chi connectivity index (χ3n) is 2.31. The number of rotatable bonds is 2. The van der Waals surface area contributed by atoms with Crippen LogP contribution in [0.1, 0.15) is 12.0 Å². The monoisotopic (exact) mass is 196 g/mol. The number of benzene rings is 1. The van der Waals surface area contributed by atoms with Crippen molar-refractivity contribution in [2.45, 2.75) is 13.0 Å². The lowest BCUT2D eigenvalue weighted by atomic mass is 10.1. The summed E-state index contributed by atoms with van der Waals surface area (Å²) >= 11 is 0. The summed E-state index contributed by atoms with van der Waals surface area (Å²) in [5.74, 6) is 0. The molecular weight excluding hydrogens is 184 g/mol. The van der Waals surface area contributed by atoms with Gasteiger partial charge in [0.05, 0.1) is 6.07 Å². The molecule has 0 N–H and O–H groups in total. The fourth-order valence-corrected chi connectivity index (χ4v) is 1.58. The SMILES string of the molecule is N#CC1=CN(Cc2ccccc2)C=CC1. The summed E-state index contributed by atoms with van der Waals surface area (Å²) in [6.07, 6.45) is 6.70. The molecule has 0 atom stereocenters. The molecule has 1 aliphatic heterocycles. The number of nitriles is 1. The largest absolute Gasteiger partial charge is 0.349 e. The molecule has 1 aliphatic rings. The molecule has 0 aliphatic carbocycles. The third kappa shape index (κ3) is 2.47. The van der Waals surface area contributed by atoms with Crippen molar-refractivity contribution in [1.82, 2.24) is 4.90 Å². The van der Waals surface area contributed by atoms with Crippen molar-refractivity contribution >= 4 is 0 Å². The van der Waals surface area contributed by atoms with Gasteiger partial charge >= 0.3 is 0 Å². The Morgan fingerprint density at radius 3 is 2.80 bits per heavy atom. The van der Waals surface area contributed by atoms with Crippen molar-refractivity contribution in [3.8, 4) is 6.07 Å². The minimum atomic E-state index is 0.752. The van der Waals surface area contributed by atoms with Gasteiger partial charge in [-0.15, -0.1) is 0 Å². The lowest BCUT2D eigenvalue weighted by Gasteiger charge is -2.19. The topological polar surface area (TPSA) is 27.0 Å². The second-order valence-corrected chi connectivity index (χ2v) is 3.51. The zero-order chi connectivity index (χ0) is 10.5. The Hall–Kier alpha value is -2.01. The molecule has 1 aromatic carbocycles. The van der Waals surface area contributed by atoms with E-state index in [4.69, 9.17) is 5.26 Å². The summed E-state index contributed by atoms with van der Waals surface area (Å²) in [5.41, 5.74) is 2.06. The van der Waals surface area contributed by atoms with Crippen LogP contribution in [0.2, 0.25) is 0 Å². The van der Waals surface area contributed by atoms with Gasteiger partial charge in [-0.1, -0.05) is 36.4 Å². The minimum Gasteiger partial charge on any atom is -0.349 e. The Morgan fingerprint density at radius 2 is 2.07 bits per heavy atom. The van der Waals surface area contributed by atoms with Crippen LogP contribution in [0, 0.1) is 11.3 Å². The van der Waals surface area contributed by atoms with E-state index in [1.54, 1.807) is 0 Å². The molecule has 0 unspecified atom stereocenters. The Bertz CT molecular complexity index is 424. The standard InChI is InChI=1S/C13H12N2/c14-9-13-7-4-8-15(11-13)10-12-5-2-1-3-6-12/h1-6,8,11H,7,10H2. The fraction of sp³-hybridized carbons (Fsp3) is 0.154. The molecule has 2 heteroatoms. The molecule has 0 saturated heterocycles. The van der Waals surface area contributed by atoms with Gasteiger partial charge < -0.3 is 4.90 Å². The molecule has 0 saturated carbocycles. The maximum atomic E-state index is 8.80. The van der Waals surface area contributed by atoms with E-state index >= 15 is 0 Å². The van der Waals surface area contributed by atoms with Gasteiger partial charge in [0.15, 0.2) is 0 Å². The van der Waals surface area contributed by atoms with Crippen LogP contribution >= 0.6 is 0 Å². The predicted octanol–water partition coefficient (Wildman–Crippen LogP) is 2.81. The first kappa shape index (κ1) is 9.54. The summed E-state index contributed by atoms with van der Waals surface area (Å²) in [4.78, 5) is 2.04. The van der Waals surface area contributed by atoms with Crippen LogP contribution in [-0.2, 0) is 6.54 Å². The highest BCUT2D eigenvalue weighted by atomic mass is 15.1. The highest BCUT2D eigenvalue weighted by Gasteiger charge is 2.04. The summed E-state index contributed by atoms with van der Waals surface area (Å²) in [6.45, 7) is 0.822. The fourth-order valence-electron chi connectivity index (χ4n) is 1.58.